The van der Waals surface area contributed by atoms with Crippen molar-refractivity contribution in [3.05, 3.63) is 54.7 Å². The lowest BCUT2D eigenvalue weighted by molar-refractivity contribution is -0.870. The Bertz CT molecular complexity index is 770. The highest BCUT2D eigenvalue weighted by Crippen LogP contribution is 2.21. The van der Waals surface area contributed by atoms with Gasteiger partial charge in [-0.1, -0.05) is 30.3 Å². The lowest BCUT2D eigenvalue weighted by Crippen LogP contribution is -2.42. The van der Waals surface area contributed by atoms with Crippen LogP contribution in [-0.4, -0.2) is 13.9 Å². The number of halogens is 4. The van der Waals surface area contributed by atoms with Gasteiger partial charge in [0.15, 0.2) is 6.61 Å². The van der Waals surface area contributed by atoms with Gasteiger partial charge in [-0.3, -0.25) is 4.84 Å². The first kappa shape index (κ1) is 16.1. The second-order valence-corrected chi connectivity index (χ2v) is 4.47. The van der Waals surface area contributed by atoms with Gasteiger partial charge in [-0.15, -0.1) is 0 Å². The van der Waals surface area contributed by atoms with Gasteiger partial charge in [0, 0.05) is 16.2 Å². The molecule has 0 fully saturated rings. The Morgan fingerprint density at radius 3 is 2.09 bits per heavy atom. The summed E-state index contributed by atoms with van der Waals surface area (Å²) in [6, 6.07) is 16.7. The molecule has 0 aliphatic heterocycles. The maximum atomic E-state index is 9.75. The van der Waals surface area contributed by atoms with E-state index in [0.717, 1.165) is 5.52 Å². The van der Waals surface area contributed by atoms with Gasteiger partial charge in [0.25, 0.3) is 5.52 Å². The largest absolute Gasteiger partial charge is 0.673 e. The second-order valence-electron chi connectivity index (χ2n) is 4.47. The van der Waals surface area contributed by atoms with Gasteiger partial charge in [0.1, 0.15) is 0 Å². The van der Waals surface area contributed by atoms with Crippen LogP contribution in [0.1, 0.15) is 6.92 Å². The smallest absolute Gasteiger partial charge is 0.418 e. The first-order valence-corrected chi connectivity index (χ1v) is 6.73. The zero-order valence-electron chi connectivity index (χ0n) is 11.8. The zero-order chi connectivity index (χ0) is 16.2. The summed E-state index contributed by atoms with van der Waals surface area (Å²) < 4.78 is 40.9. The Kier molecular flexibility index (Phi) is 4.85. The number of pyridine rings is 1. The van der Waals surface area contributed by atoms with Crippen LogP contribution < -0.4 is 9.57 Å². The first-order valence-electron chi connectivity index (χ1n) is 6.73. The normalized spacial score (nSPS) is 11.1. The van der Waals surface area contributed by atoms with E-state index in [-0.39, 0.29) is 0 Å². The minimum Gasteiger partial charge on any atom is -0.418 e. The third kappa shape index (κ3) is 4.10. The second kappa shape index (κ2) is 6.64. The first-order chi connectivity index (χ1) is 10.4. The van der Waals surface area contributed by atoms with E-state index >= 15 is 0 Å². The summed E-state index contributed by atoms with van der Waals surface area (Å²) in [5.41, 5.74) is 1.10. The summed E-state index contributed by atoms with van der Waals surface area (Å²) in [5, 5.41) is 3.68. The van der Waals surface area contributed by atoms with E-state index < -0.39 is 7.25 Å². The third-order valence-corrected chi connectivity index (χ3v) is 2.92. The number of hydrogen-bond acceptors (Lipinski definition) is 1. The summed E-state index contributed by atoms with van der Waals surface area (Å²) in [7, 11) is -6.00. The lowest BCUT2D eigenvalue weighted by atomic mass is 10.1. The molecule has 1 heterocycles. The molecule has 0 radical (unpaired) electrons. The number of para-hydroxylation sites is 1. The van der Waals surface area contributed by atoms with E-state index in [9.17, 15) is 17.3 Å². The van der Waals surface area contributed by atoms with Crippen LogP contribution in [0.15, 0.2) is 54.7 Å². The molecule has 0 bridgehead atoms. The lowest BCUT2D eigenvalue weighted by Gasteiger charge is -2.03. The van der Waals surface area contributed by atoms with Crippen LogP contribution in [0.2, 0.25) is 0 Å². The molecule has 116 valence electrons. The highest BCUT2D eigenvalue weighted by Gasteiger charge is 2.20. The minimum absolute atomic E-state index is 0.660. The molecular formula is C15H14BF4NO. The van der Waals surface area contributed by atoms with E-state index in [1.54, 1.807) is 0 Å². The van der Waals surface area contributed by atoms with Crippen LogP contribution in [0, 0.1) is 0 Å². The zero-order valence-corrected chi connectivity index (χ0v) is 11.8. The Balaban J connectivity index is 0.000000309. The molecule has 0 saturated heterocycles. The number of hydrogen-bond donors (Lipinski definition) is 0. The standard InChI is InChI=1S/C15H14NO.BF4/c1-2-17-16-11-12-7-3-4-8-13(12)14-9-5-6-10-15(14)16;2-1(3,4)5/h3-11H,2H2,1H3;/q+1;-1. The van der Waals surface area contributed by atoms with E-state index in [0.29, 0.717) is 6.61 Å². The predicted octanol–water partition coefficient (Wildman–Crippen LogP) is 4.03. The number of nitrogens with zero attached hydrogens (tertiary/aromatic N) is 1. The van der Waals surface area contributed by atoms with Gasteiger partial charge in [0.2, 0.25) is 6.20 Å². The van der Waals surface area contributed by atoms with Crippen molar-refractivity contribution < 1.29 is 26.8 Å². The monoisotopic (exact) mass is 311 g/mol. The summed E-state index contributed by atoms with van der Waals surface area (Å²) in [6.07, 6.45) is 2.04. The van der Waals surface area contributed by atoms with Crippen LogP contribution in [0.25, 0.3) is 21.7 Å². The van der Waals surface area contributed by atoms with Crippen molar-refractivity contribution >= 4 is 28.9 Å². The third-order valence-electron chi connectivity index (χ3n) is 2.92. The molecule has 0 atom stereocenters. The quantitative estimate of drug-likeness (QED) is 0.301. The van der Waals surface area contributed by atoms with E-state index in [1.165, 1.54) is 16.2 Å². The molecule has 3 aromatic rings. The van der Waals surface area contributed by atoms with Crippen molar-refractivity contribution in [3.8, 4) is 0 Å². The number of benzene rings is 2. The Morgan fingerprint density at radius 1 is 0.909 bits per heavy atom. The highest BCUT2D eigenvalue weighted by molar-refractivity contribution is 6.50. The molecule has 7 heteroatoms. The van der Waals surface area contributed by atoms with Gasteiger partial charge in [-0.05, 0) is 19.1 Å². The van der Waals surface area contributed by atoms with E-state index in [1.807, 2.05) is 30.0 Å². The van der Waals surface area contributed by atoms with Gasteiger partial charge in [-0.25, -0.2) is 0 Å². The molecule has 0 unspecified atom stereocenters. The minimum atomic E-state index is -6.00. The summed E-state index contributed by atoms with van der Waals surface area (Å²) in [6.45, 7) is 2.66. The van der Waals surface area contributed by atoms with Crippen LogP contribution >= 0.6 is 0 Å². The molecule has 22 heavy (non-hydrogen) atoms. The fraction of sp³-hybridized carbons (Fsp3) is 0.133. The van der Waals surface area contributed by atoms with Crippen LogP contribution in [-0.2, 0) is 0 Å². The summed E-state index contributed by atoms with van der Waals surface area (Å²) >= 11 is 0. The van der Waals surface area contributed by atoms with Gasteiger partial charge in [-0.2, -0.15) is 0 Å². The predicted molar refractivity (Wildman–Crippen MR) is 79.0 cm³/mol. The maximum absolute atomic E-state index is 9.75. The van der Waals surface area contributed by atoms with Crippen molar-refractivity contribution in [2.24, 2.45) is 0 Å². The van der Waals surface area contributed by atoms with Crippen molar-refractivity contribution in [2.45, 2.75) is 6.92 Å². The van der Waals surface area contributed by atoms with Crippen LogP contribution in [0.3, 0.4) is 0 Å². The molecule has 0 saturated carbocycles. The van der Waals surface area contributed by atoms with Gasteiger partial charge < -0.3 is 17.3 Å². The average Bonchev–Trinajstić information content (AvgIpc) is 2.46. The fourth-order valence-corrected chi connectivity index (χ4v) is 2.19. The SMILES string of the molecule is CCO[n+]1cc2ccccc2c2ccccc21.F[B-](F)(F)F. The summed E-state index contributed by atoms with van der Waals surface area (Å²) in [4.78, 5) is 5.64. The Labute approximate surface area is 125 Å². The molecule has 0 spiro atoms. The number of rotatable bonds is 2. The number of aromatic nitrogens is 1. The Hall–Kier alpha value is -2.31. The highest BCUT2D eigenvalue weighted by atomic mass is 19.5. The van der Waals surface area contributed by atoms with Crippen molar-refractivity contribution in [1.82, 2.24) is 0 Å². The topological polar surface area (TPSA) is 13.1 Å². The maximum Gasteiger partial charge on any atom is 0.673 e. The Morgan fingerprint density at radius 2 is 1.45 bits per heavy atom. The molecule has 0 aliphatic carbocycles. The average molecular weight is 311 g/mol. The van der Waals surface area contributed by atoms with Crippen molar-refractivity contribution in [1.29, 1.82) is 0 Å². The molecule has 0 aliphatic rings. The van der Waals surface area contributed by atoms with Crippen molar-refractivity contribution in [2.75, 3.05) is 6.61 Å². The van der Waals surface area contributed by atoms with Crippen LogP contribution in [0.5, 0.6) is 0 Å². The summed E-state index contributed by atoms with van der Waals surface area (Å²) in [5.74, 6) is 0. The number of fused-ring (bicyclic) bond motifs is 3. The molecule has 0 N–H and O–H groups in total. The molecule has 1 aromatic heterocycles. The molecule has 2 aromatic carbocycles. The molecule has 3 rings (SSSR count). The fourth-order valence-electron chi connectivity index (χ4n) is 2.19. The van der Waals surface area contributed by atoms with Gasteiger partial charge >= 0.3 is 7.25 Å². The van der Waals surface area contributed by atoms with Crippen LogP contribution in [0.4, 0.5) is 17.3 Å². The van der Waals surface area contributed by atoms with E-state index in [2.05, 4.69) is 36.4 Å². The molecule has 0 amide bonds. The van der Waals surface area contributed by atoms with E-state index in [4.69, 9.17) is 4.84 Å². The van der Waals surface area contributed by atoms with Gasteiger partial charge in [0.05, 0.1) is 10.8 Å². The molecular weight excluding hydrogens is 297 g/mol. The van der Waals surface area contributed by atoms with Crippen molar-refractivity contribution in [3.63, 3.8) is 0 Å². The molecule has 2 nitrogen and oxygen atoms in total.